The van der Waals surface area contributed by atoms with Crippen LogP contribution in [0.15, 0.2) is 17.3 Å². The van der Waals surface area contributed by atoms with Gasteiger partial charge in [0.15, 0.2) is 0 Å². The first-order chi connectivity index (χ1) is 7.23. The fourth-order valence-electron chi connectivity index (χ4n) is 1.86. The van der Waals surface area contributed by atoms with Gasteiger partial charge in [0.2, 0.25) is 0 Å². The second-order valence-corrected chi connectivity index (χ2v) is 6.52. The zero-order chi connectivity index (χ0) is 12.4. The highest BCUT2D eigenvalue weighted by Gasteiger charge is 2.30. The highest BCUT2D eigenvalue weighted by Crippen LogP contribution is 2.26. The van der Waals surface area contributed by atoms with E-state index in [1.165, 1.54) is 5.84 Å². The van der Waals surface area contributed by atoms with E-state index in [0.717, 1.165) is 19.4 Å². The first kappa shape index (κ1) is 13.3. The van der Waals surface area contributed by atoms with Crippen molar-refractivity contribution in [1.29, 1.82) is 0 Å². The SMILES string of the molecule is CC(C)(C)/C1=N/CCC/C=C\N1C(C)(C)C. The molecule has 1 heterocycles. The van der Waals surface area contributed by atoms with Crippen LogP contribution in [0, 0.1) is 5.41 Å². The zero-order valence-corrected chi connectivity index (χ0v) is 11.7. The second-order valence-electron chi connectivity index (χ2n) is 6.52. The third-order valence-corrected chi connectivity index (χ3v) is 2.67. The maximum atomic E-state index is 4.79. The Kier molecular flexibility index (Phi) is 3.82. The Balaban J connectivity index is 3.10. The van der Waals surface area contributed by atoms with Crippen molar-refractivity contribution in [2.45, 2.75) is 59.9 Å². The lowest BCUT2D eigenvalue weighted by molar-refractivity contribution is 0.283. The van der Waals surface area contributed by atoms with Crippen LogP contribution >= 0.6 is 0 Å². The molecule has 0 amide bonds. The summed E-state index contributed by atoms with van der Waals surface area (Å²) in [4.78, 5) is 7.12. The van der Waals surface area contributed by atoms with Crippen LogP contribution in [0.4, 0.5) is 0 Å². The molecule has 0 fully saturated rings. The van der Waals surface area contributed by atoms with E-state index >= 15 is 0 Å². The second kappa shape index (κ2) is 4.60. The van der Waals surface area contributed by atoms with Gasteiger partial charge >= 0.3 is 0 Å². The van der Waals surface area contributed by atoms with E-state index in [-0.39, 0.29) is 11.0 Å². The quantitative estimate of drug-likeness (QED) is 0.608. The first-order valence-electron chi connectivity index (χ1n) is 6.24. The minimum absolute atomic E-state index is 0.0972. The van der Waals surface area contributed by atoms with Crippen LogP contribution in [0.1, 0.15) is 54.4 Å². The Labute approximate surface area is 100 Å². The normalized spacial score (nSPS) is 24.4. The van der Waals surface area contributed by atoms with E-state index in [1.54, 1.807) is 0 Å². The molecule has 0 saturated carbocycles. The number of allylic oxidation sites excluding steroid dienone is 1. The van der Waals surface area contributed by atoms with Crippen molar-refractivity contribution in [3.8, 4) is 0 Å². The maximum Gasteiger partial charge on any atom is 0.109 e. The van der Waals surface area contributed by atoms with Crippen LogP contribution in [-0.2, 0) is 0 Å². The summed E-state index contributed by atoms with van der Waals surface area (Å²) in [7, 11) is 0. The predicted molar refractivity (Wildman–Crippen MR) is 71.7 cm³/mol. The molecule has 0 unspecified atom stereocenters. The summed E-state index contributed by atoms with van der Waals surface area (Å²) in [6.45, 7) is 14.4. The molecule has 0 aromatic rings. The van der Waals surface area contributed by atoms with Gasteiger partial charge in [-0.2, -0.15) is 0 Å². The molecule has 2 nitrogen and oxygen atoms in total. The Morgan fingerprint density at radius 2 is 1.75 bits per heavy atom. The highest BCUT2D eigenvalue weighted by atomic mass is 15.2. The van der Waals surface area contributed by atoms with Crippen molar-refractivity contribution in [2.75, 3.05) is 6.54 Å². The van der Waals surface area contributed by atoms with Gasteiger partial charge in [-0.05, 0) is 33.6 Å². The fraction of sp³-hybridized carbons (Fsp3) is 0.786. The van der Waals surface area contributed by atoms with E-state index in [0.29, 0.717) is 0 Å². The third kappa shape index (κ3) is 3.36. The van der Waals surface area contributed by atoms with Gasteiger partial charge in [-0.15, -0.1) is 0 Å². The molecule has 16 heavy (non-hydrogen) atoms. The average Bonchev–Trinajstić information content (AvgIpc) is 1.96. The molecule has 0 aromatic carbocycles. The van der Waals surface area contributed by atoms with Crippen LogP contribution in [0.5, 0.6) is 0 Å². The summed E-state index contributed by atoms with van der Waals surface area (Å²) < 4.78 is 0. The van der Waals surface area contributed by atoms with Gasteiger partial charge in [-0.25, -0.2) is 0 Å². The standard InChI is InChI=1S/C14H26N2/c1-13(2,3)12-15-10-8-7-9-11-16(12)14(4,5)6/h9,11H,7-8,10H2,1-6H3/b11-9-,15-12-. The van der Waals surface area contributed by atoms with E-state index in [2.05, 4.69) is 58.7 Å². The zero-order valence-electron chi connectivity index (χ0n) is 11.7. The van der Waals surface area contributed by atoms with Gasteiger partial charge in [0, 0.05) is 23.7 Å². The molecule has 0 aromatic heterocycles. The van der Waals surface area contributed by atoms with Gasteiger partial charge < -0.3 is 4.90 Å². The summed E-state index contributed by atoms with van der Waals surface area (Å²) in [5.74, 6) is 1.20. The molecule has 2 heteroatoms. The van der Waals surface area contributed by atoms with Crippen molar-refractivity contribution >= 4 is 5.84 Å². The van der Waals surface area contributed by atoms with Crippen LogP contribution in [0.2, 0.25) is 0 Å². The lowest BCUT2D eigenvalue weighted by atomic mass is 9.91. The van der Waals surface area contributed by atoms with Crippen molar-refractivity contribution in [3.05, 3.63) is 12.3 Å². The Bertz CT molecular complexity index is 287. The van der Waals surface area contributed by atoms with Gasteiger partial charge in [0.25, 0.3) is 0 Å². The number of nitrogens with zero attached hydrogens (tertiary/aromatic N) is 2. The van der Waals surface area contributed by atoms with Crippen LogP contribution in [0.25, 0.3) is 0 Å². The van der Waals surface area contributed by atoms with Crippen molar-refractivity contribution in [1.82, 2.24) is 4.90 Å². The molecule has 0 radical (unpaired) electrons. The number of hydrogen-bond acceptors (Lipinski definition) is 2. The van der Waals surface area contributed by atoms with Gasteiger partial charge in [-0.1, -0.05) is 26.8 Å². The largest absolute Gasteiger partial charge is 0.331 e. The van der Waals surface area contributed by atoms with Crippen LogP contribution in [-0.4, -0.2) is 22.8 Å². The smallest absolute Gasteiger partial charge is 0.109 e. The minimum Gasteiger partial charge on any atom is -0.331 e. The number of rotatable bonds is 0. The molecule has 1 aliphatic heterocycles. The summed E-state index contributed by atoms with van der Waals surface area (Å²) in [5, 5.41) is 0. The van der Waals surface area contributed by atoms with Crippen molar-refractivity contribution in [2.24, 2.45) is 10.4 Å². The van der Waals surface area contributed by atoms with E-state index in [1.807, 2.05) is 0 Å². The Hall–Kier alpha value is -0.790. The monoisotopic (exact) mass is 222 g/mol. The molecule has 0 N–H and O–H groups in total. The molecular formula is C14H26N2. The Morgan fingerprint density at radius 1 is 1.12 bits per heavy atom. The molecule has 0 aliphatic carbocycles. The van der Waals surface area contributed by atoms with Crippen LogP contribution < -0.4 is 0 Å². The molecule has 0 spiro atoms. The first-order valence-corrected chi connectivity index (χ1v) is 6.24. The van der Waals surface area contributed by atoms with Gasteiger partial charge in [0.1, 0.15) is 5.84 Å². The Morgan fingerprint density at radius 3 is 2.25 bits per heavy atom. The van der Waals surface area contributed by atoms with E-state index in [4.69, 9.17) is 4.99 Å². The molecular weight excluding hydrogens is 196 g/mol. The number of hydrogen-bond donors (Lipinski definition) is 0. The predicted octanol–water partition coefficient (Wildman–Crippen LogP) is 3.84. The lowest BCUT2D eigenvalue weighted by Crippen LogP contribution is -2.47. The summed E-state index contributed by atoms with van der Waals surface area (Å²) in [5.41, 5.74) is 0.203. The molecule has 0 bridgehead atoms. The maximum absolute atomic E-state index is 4.79. The lowest BCUT2D eigenvalue weighted by Gasteiger charge is -2.41. The number of aliphatic imine (C=N–C) groups is 1. The van der Waals surface area contributed by atoms with Gasteiger partial charge in [-0.3, -0.25) is 4.99 Å². The molecule has 1 rings (SSSR count). The highest BCUT2D eigenvalue weighted by molar-refractivity contribution is 5.88. The number of amidine groups is 1. The van der Waals surface area contributed by atoms with E-state index in [9.17, 15) is 0 Å². The van der Waals surface area contributed by atoms with E-state index < -0.39 is 0 Å². The molecule has 92 valence electrons. The summed E-state index contributed by atoms with van der Waals surface area (Å²) in [6.07, 6.45) is 6.77. The molecule has 0 atom stereocenters. The van der Waals surface area contributed by atoms with Crippen LogP contribution in [0.3, 0.4) is 0 Å². The van der Waals surface area contributed by atoms with Crippen molar-refractivity contribution in [3.63, 3.8) is 0 Å². The third-order valence-electron chi connectivity index (χ3n) is 2.67. The summed E-state index contributed by atoms with van der Waals surface area (Å²) in [6, 6.07) is 0. The minimum atomic E-state index is 0.0972. The average molecular weight is 222 g/mol. The van der Waals surface area contributed by atoms with Gasteiger partial charge in [0.05, 0.1) is 0 Å². The van der Waals surface area contributed by atoms with Crippen molar-refractivity contribution < 1.29 is 0 Å². The topological polar surface area (TPSA) is 15.6 Å². The summed E-state index contributed by atoms with van der Waals surface area (Å²) >= 11 is 0. The molecule has 1 aliphatic rings. The fourth-order valence-corrected chi connectivity index (χ4v) is 1.86. The molecule has 0 saturated heterocycles.